The summed E-state index contributed by atoms with van der Waals surface area (Å²) in [6.45, 7) is 9.03. The first-order chi connectivity index (χ1) is 18.1. The first-order valence-electron chi connectivity index (χ1n) is 13.7. The summed E-state index contributed by atoms with van der Waals surface area (Å²) in [4.78, 5) is 15.3. The molecule has 0 amide bonds. The van der Waals surface area contributed by atoms with Crippen LogP contribution in [0.1, 0.15) is 62.6 Å². The molecule has 2 saturated heterocycles. The largest absolute Gasteiger partial charge is 0.381 e. The van der Waals surface area contributed by atoms with Gasteiger partial charge in [-0.05, 0) is 67.8 Å². The van der Waals surface area contributed by atoms with Crippen molar-refractivity contribution >= 4 is 11.2 Å². The summed E-state index contributed by atoms with van der Waals surface area (Å²) in [5.41, 5.74) is 6.84. The molecule has 1 aromatic carbocycles. The number of halogens is 1. The number of hydrogen-bond donors (Lipinski definition) is 1. The average molecular weight is 503 g/mol. The lowest BCUT2D eigenvalue weighted by Gasteiger charge is -2.31. The molecule has 0 radical (unpaired) electrons. The second-order valence-corrected chi connectivity index (χ2v) is 10.3. The summed E-state index contributed by atoms with van der Waals surface area (Å²) in [5.74, 6) is 0.0705. The van der Waals surface area contributed by atoms with Gasteiger partial charge >= 0.3 is 0 Å². The third-order valence-corrected chi connectivity index (χ3v) is 8.19. The number of benzene rings is 1. The molecule has 0 saturated carbocycles. The molecular weight excluding hydrogens is 467 g/mol. The number of likely N-dealkylation sites (tertiary alicyclic amines) is 1. The molecule has 6 rings (SSSR count). The van der Waals surface area contributed by atoms with Crippen LogP contribution in [-0.4, -0.2) is 62.5 Å². The molecule has 0 bridgehead atoms. The lowest BCUT2D eigenvalue weighted by molar-refractivity contribution is 0.0844. The summed E-state index contributed by atoms with van der Waals surface area (Å²) in [6, 6.07) is 4.15. The number of H-pyrrole nitrogens is 1. The zero-order valence-corrected chi connectivity index (χ0v) is 21.7. The van der Waals surface area contributed by atoms with Gasteiger partial charge in [-0.15, -0.1) is 0 Å². The van der Waals surface area contributed by atoms with Crippen LogP contribution in [0.25, 0.3) is 33.5 Å². The molecule has 37 heavy (non-hydrogen) atoms. The number of aryl methyl sites for hydroxylation is 1. The van der Waals surface area contributed by atoms with Crippen molar-refractivity contribution in [2.75, 3.05) is 32.8 Å². The highest BCUT2D eigenvalue weighted by Gasteiger charge is 2.24. The molecule has 0 aliphatic carbocycles. The van der Waals surface area contributed by atoms with Crippen LogP contribution in [0.4, 0.5) is 4.39 Å². The van der Waals surface area contributed by atoms with E-state index in [-0.39, 0.29) is 11.7 Å². The summed E-state index contributed by atoms with van der Waals surface area (Å²) >= 11 is 0. The number of rotatable bonds is 6. The van der Waals surface area contributed by atoms with E-state index in [1.165, 1.54) is 0 Å². The number of hydrogen-bond acceptors (Lipinski definition) is 5. The third kappa shape index (κ3) is 4.68. The average Bonchev–Trinajstić information content (AvgIpc) is 3.60. The number of aromatic amines is 1. The van der Waals surface area contributed by atoms with Crippen LogP contribution in [-0.2, 0) is 11.2 Å². The second-order valence-electron chi connectivity index (χ2n) is 10.3. The van der Waals surface area contributed by atoms with Crippen molar-refractivity contribution in [1.29, 1.82) is 0 Å². The molecule has 0 unspecified atom stereocenters. The fourth-order valence-corrected chi connectivity index (χ4v) is 5.99. The molecule has 2 fully saturated rings. The van der Waals surface area contributed by atoms with Gasteiger partial charge in [0.25, 0.3) is 0 Å². The van der Waals surface area contributed by atoms with Crippen LogP contribution in [0, 0.1) is 5.82 Å². The number of fused-ring (bicyclic) bond motifs is 1. The molecule has 8 heteroatoms. The van der Waals surface area contributed by atoms with Gasteiger partial charge in [-0.2, -0.15) is 5.10 Å². The van der Waals surface area contributed by atoms with Crippen molar-refractivity contribution in [2.24, 2.45) is 0 Å². The van der Waals surface area contributed by atoms with Crippen LogP contribution < -0.4 is 0 Å². The molecule has 0 atom stereocenters. The van der Waals surface area contributed by atoms with Gasteiger partial charge in [0.15, 0.2) is 5.65 Å². The van der Waals surface area contributed by atoms with Crippen molar-refractivity contribution in [3.63, 3.8) is 0 Å². The van der Waals surface area contributed by atoms with Gasteiger partial charge in [0.2, 0.25) is 0 Å². The van der Waals surface area contributed by atoms with Crippen LogP contribution in [0.3, 0.4) is 0 Å². The molecule has 5 heterocycles. The number of ether oxygens (including phenoxy) is 1. The Labute approximate surface area is 217 Å². The van der Waals surface area contributed by atoms with E-state index in [0.717, 1.165) is 90.7 Å². The predicted octanol–water partition coefficient (Wildman–Crippen LogP) is 5.74. The fraction of sp³-hybridized carbons (Fsp3) is 0.483. The van der Waals surface area contributed by atoms with Crippen molar-refractivity contribution in [1.82, 2.24) is 29.6 Å². The highest BCUT2D eigenvalue weighted by Crippen LogP contribution is 2.36. The predicted molar refractivity (Wildman–Crippen MR) is 143 cm³/mol. The van der Waals surface area contributed by atoms with Gasteiger partial charge in [-0.1, -0.05) is 13.8 Å². The first kappa shape index (κ1) is 24.2. The zero-order chi connectivity index (χ0) is 25.4. The van der Waals surface area contributed by atoms with Crippen LogP contribution in [0.2, 0.25) is 0 Å². The molecular formula is C29H35FN6O. The molecule has 1 N–H and O–H groups in total. The van der Waals surface area contributed by atoms with E-state index in [1.807, 2.05) is 12.4 Å². The maximum absolute atomic E-state index is 15.5. The quantitative estimate of drug-likeness (QED) is 0.364. The normalized spacial score (nSPS) is 18.1. The number of aromatic nitrogens is 5. The van der Waals surface area contributed by atoms with Crippen LogP contribution in [0.15, 0.2) is 36.9 Å². The van der Waals surface area contributed by atoms with E-state index < -0.39 is 0 Å². The molecule has 0 spiro atoms. The Hall–Kier alpha value is -3.10. The van der Waals surface area contributed by atoms with Crippen molar-refractivity contribution in [3.8, 4) is 22.4 Å². The van der Waals surface area contributed by atoms with Gasteiger partial charge in [0.05, 0.1) is 24.1 Å². The van der Waals surface area contributed by atoms with Crippen molar-refractivity contribution in [3.05, 3.63) is 53.9 Å². The smallest absolute Gasteiger partial charge is 0.156 e. The number of piperidine rings is 1. The first-order valence-corrected chi connectivity index (χ1v) is 13.7. The lowest BCUT2D eigenvalue weighted by Crippen LogP contribution is -2.34. The minimum atomic E-state index is -0.146. The van der Waals surface area contributed by atoms with E-state index in [2.05, 4.69) is 45.7 Å². The Morgan fingerprint density at radius 2 is 1.86 bits per heavy atom. The molecule has 3 aromatic heterocycles. The molecule has 194 valence electrons. The highest BCUT2D eigenvalue weighted by atomic mass is 19.1. The van der Waals surface area contributed by atoms with Gasteiger partial charge in [-0.25, -0.2) is 14.4 Å². The van der Waals surface area contributed by atoms with Gasteiger partial charge in [0.1, 0.15) is 11.3 Å². The highest BCUT2D eigenvalue weighted by molar-refractivity contribution is 5.91. The Balaban J connectivity index is 1.31. The van der Waals surface area contributed by atoms with E-state index in [9.17, 15) is 0 Å². The van der Waals surface area contributed by atoms with Crippen LogP contribution in [0.5, 0.6) is 0 Å². The number of nitrogens with one attached hydrogen (secondary N) is 1. The van der Waals surface area contributed by atoms with Gasteiger partial charge in [0, 0.05) is 55.4 Å². The molecule has 7 nitrogen and oxygen atoms in total. The minimum absolute atomic E-state index is 0.146. The Morgan fingerprint density at radius 1 is 1.05 bits per heavy atom. The van der Waals surface area contributed by atoms with E-state index in [0.29, 0.717) is 24.9 Å². The Morgan fingerprint density at radius 3 is 2.62 bits per heavy atom. The van der Waals surface area contributed by atoms with Crippen molar-refractivity contribution in [2.45, 2.75) is 57.9 Å². The zero-order valence-electron chi connectivity index (χ0n) is 21.7. The third-order valence-electron chi connectivity index (χ3n) is 8.19. The SMILES string of the molecule is CCc1cc(-c2cnc3[nH]cc(-c4cnn(C5CCN(CC)CC5)c4)c3n2)cc(F)c1C1CCOCC1. The summed E-state index contributed by atoms with van der Waals surface area (Å²) in [5, 5.41) is 4.70. The maximum Gasteiger partial charge on any atom is 0.156 e. The standard InChI is InChI=1S/C29H35FN6O/c1-3-19-13-21(14-25(30)27(19)20-7-11-37-12-8-20)26-17-32-29-28(34-26)24(16-31-29)22-15-33-36(18-22)23-5-9-35(4-2)10-6-23/h13-18,20,23H,3-12H2,1-2H3,(H,31,32). The lowest BCUT2D eigenvalue weighted by atomic mass is 9.86. The van der Waals surface area contributed by atoms with Crippen molar-refractivity contribution < 1.29 is 9.13 Å². The summed E-state index contributed by atoms with van der Waals surface area (Å²) in [6.07, 6.45) is 12.5. The summed E-state index contributed by atoms with van der Waals surface area (Å²) < 4.78 is 23.1. The van der Waals surface area contributed by atoms with Gasteiger partial charge in [-0.3, -0.25) is 4.68 Å². The van der Waals surface area contributed by atoms with Crippen LogP contribution >= 0.6 is 0 Å². The second kappa shape index (κ2) is 10.3. The minimum Gasteiger partial charge on any atom is -0.381 e. The van der Waals surface area contributed by atoms with E-state index >= 15 is 4.39 Å². The topological polar surface area (TPSA) is 71.9 Å². The fourth-order valence-electron chi connectivity index (χ4n) is 5.99. The van der Waals surface area contributed by atoms with Gasteiger partial charge < -0.3 is 14.6 Å². The Bertz CT molecular complexity index is 1380. The summed E-state index contributed by atoms with van der Waals surface area (Å²) in [7, 11) is 0. The maximum atomic E-state index is 15.5. The Kier molecular flexibility index (Phi) is 6.78. The van der Waals surface area contributed by atoms with E-state index in [4.69, 9.17) is 14.8 Å². The molecule has 2 aliphatic heterocycles. The molecule has 2 aliphatic rings. The van der Waals surface area contributed by atoms with E-state index in [1.54, 1.807) is 12.3 Å². The number of nitrogens with zero attached hydrogens (tertiary/aromatic N) is 5. The molecule has 4 aromatic rings. The monoisotopic (exact) mass is 502 g/mol.